The number of benzene rings is 1. The van der Waals surface area contributed by atoms with E-state index in [0.29, 0.717) is 0 Å². The van der Waals surface area contributed by atoms with Crippen molar-refractivity contribution >= 4 is 26.4 Å². The number of hydrogen-bond acceptors (Lipinski definition) is 3. The molecule has 0 fully saturated rings. The van der Waals surface area contributed by atoms with Crippen LogP contribution in [0, 0.1) is 6.92 Å². The molecule has 2 rings (SSSR count). The predicted molar refractivity (Wildman–Crippen MR) is 65.3 cm³/mol. The fraction of sp³-hybridized carbons (Fsp3) is 0.200. The van der Waals surface area contributed by atoms with Crippen LogP contribution >= 0.6 is 10.8 Å². The lowest BCUT2D eigenvalue weighted by molar-refractivity contribution is 1.43. The van der Waals surface area contributed by atoms with E-state index >= 15 is 0 Å². The molecule has 1 heterocycles. The van der Waals surface area contributed by atoms with Gasteiger partial charge in [-0.05, 0) is 24.6 Å². The van der Waals surface area contributed by atoms with Crippen LogP contribution in [0.1, 0.15) is 18.1 Å². The summed E-state index contributed by atoms with van der Waals surface area (Å²) in [4.78, 5) is 1.22. The van der Waals surface area contributed by atoms with Crippen LogP contribution in [0.2, 0.25) is 0 Å². The monoisotopic (exact) mass is 224 g/mol. The highest BCUT2D eigenvalue weighted by molar-refractivity contribution is 8.71. The Labute approximate surface area is 90.2 Å². The van der Waals surface area contributed by atoms with Gasteiger partial charge in [0.1, 0.15) is 0 Å². The molecule has 1 aromatic rings. The Bertz CT molecular complexity index is 418. The smallest absolute Gasteiger partial charge is 0.0900 e. The predicted octanol–water partition coefficient (Wildman–Crippen LogP) is 3.02. The van der Waals surface area contributed by atoms with Gasteiger partial charge in [0.15, 0.2) is 0 Å². The van der Waals surface area contributed by atoms with Crippen molar-refractivity contribution in [2.24, 2.45) is 9.50 Å². The topological polar surface area (TPSA) is 38.4 Å². The third kappa shape index (κ3) is 1.92. The summed E-state index contributed by atoms with van der Waals surface area (Å²) in [6.07, 6.45) is 0. The molecule has 4 heteroatoms. The second kappa shape index (κ2) is 3.88. The van der Waals surface area contributed by atoms with E-state index in [4.69, 9.17) is 5.14 Å². The van der Waals surface area contributed by atoms with Crippen LogP contribution in [-0.4, -0.2) is 0 Å². The number of hydrogen-bond donors (Lipinski definition) is 1. The average molecular weight is 224 g/mol. The third-order valence-electron chi connectivity index (χ3n) is 2.05. The zero-order valence-electron chi connectivity index (χ0n) is 8.15. The lowest BCUT2D eigenvalue weighted by Crippen LogP contribution is -1.91. The largest absolute Gasteiger partial charge is 0.259 e. The zero-order chi connectivity index (χ0) is 10.1. The van der Waals surface area contributed by atoms with Gasteiger partial charge in [-0.25, -0.2) is 4.36 Å². The molecule has 1 aromatic carbocycles. The standard InChI is InChI=1S/C10H12N2S2/c1-7-3-5-9(6-4-7)10-8(2)13-14(11)12-10/h3-6H,1-2H3,(H2,11,12). The fourth-order valence-corrected chi connectivity index (χ4v) is 3.66. The molecule has 0 bridgehead atoms. The Morgan fingerprint density at radius 2 is 1.86 bits per heavy atom. The highest BCUT2D eigenvalue weighted by Gasteiger charge is 2.13. The molecule has 0 aromatic heterocycles. The van der Waals surface area contributed by atoms with Gasteiger partial charge in [-0.1, -0.05) is 29.8 Å². The number of allylic oxidation sites excluding steroid dienone is 1. The zero-order valence-corrected chi connectivity index (χ0v) is 9.78. The van der Waals surface area contributed by atoms with Crippen molar-refractivity contribution in [3.8, 4) is 0 Å². The van der Waals surface area contributed by atoms with Gasteiger partial charge in [0, 0.05) is 20.4 Å². The van der Waals surface area contributed by atoms with Gasteiger partial charge in [-0.15, -0.1) is 0 Å². The summed E-state index contributed by atoms with van der Waals surface area (Å²) in [5, 5.41) is 5.77. The maximum atomic E-state index is 5.77. The molecule has 14 heavy (non-hydrogen) atoms. The van der Waals surface area contributed by atoms with Crippen LogP contribution in [-0.2, 0) is 9.91 Å². The Balaban J connectivity index is 2.41. The first-order chi connectivity index (χ1) is 6.66. The summed E-state index contributed by atoms with van der Waals surface area (Å²) >= 11 is 0. The molecule has 0 saturated heterocycles. The molecule has 1 unspecified atom stereocenters. The maximum absolute atomic E-state index is 5.77. The minimum atomic E-state index is -0.371. The minimum Gasteiger partial charge on any atom is -0.259 e. The average Bonchev–Trinajstić information content (AvgIpc) is 2.47. The molecule has 74 valence electrons. The van der Waals surface area contributed by atoms with E-state index < -0.39 is 0 Å². The van der Waals surface area contributed by atoms with Crippen molar-refractivity contribution in [3.05, 3.63) is 40.3 Å². The Kier molecular flexibility index (Phi) is 2.76. The number of nitrogens with zero attached hydrogens (tertiary/aromatic N) is 1. The Morgan fingerprint density at radius 1 is 1.21 bits per heavy atom. The van der Waals surface area contributed by atoms with E-state index in [-0.39, 0.29) is 9.91 Å². The van der Waals surface area contributed by atoms with Crippen LogP contribution in [0.5, 0.6) is 0 Å². The first-order valence-electron chi connectivity index (χ1n) is 4.33. The van der Waals surface area contributed by atoms with Crippen LogP contribution in [0.4, 0.5) is 0 Å². The van der Waals surface area contributed by atoms with Crippen molar-refractivity contribution in [2.75, 3.05) is 0 Å². The first kappa shape index (κ1) is 9.96. The summed E-state index contributed by atoms with van der Waals surface area (Å²) < 4.78 is 4.42. The number of aryl methyl sites for hydroxylation is 1. The van der Waals surface area contributed by atoms with Crippen molar-refractivity contribution in [1.82, 2.24) is 0 Å². The van der Waals surface area contributed by atoms with Crippen molar-refractivity contribution in [3.63, 3.8) is 0 Å². The van der Waals surface area contributed by atoms with Crippen molar-refractivity contribution in [2.45, 2.75) is 13.8 Å². The van der Waals surface area contributed by atoms with Gasteiger partial charge < -0.3 is 0 Å². The van der Waals surface area contributed by atoms with E-state index in [0.717, 1.165) is 5.70 Å². The van der Waals surface area contributed by atoms with Gasteiger partial charge in [0.25, 0.3) is 0 Å². The molecular formula is C10H12N2S2. The lowest BCUT2D eigenvalue weighted by atomic mass is 10.1. The molecular weight excluding hydrogens is 212 g/mol. The molecule has 0 radical (unpaired) electrons. The van der Waals surface area contributed by atoms with Gasteiger partial charge in [-0.3, -0.25) is 5.14 Å². The van der Waals surface area contributed by atoms with Gasteiger partial charge >= 0.3 is 0 Å². The summed E-state index contributed by atoms with van der Waals surface area (Å²) in [6.45, 7) is 4.16. The highest BCUT2D eigenvalue weighted by Crippen LogP contribution is 2.36. The van der Waals surface area contributed by atoms with E-state index in [1.54, 1.807) is 10.8 Å². The molecule has 1 atom stereocenters. The SMILES string of the molecule is CC1=C(c2ccc(C)cc2)N=S(N)S1. The molecule has 0 aliphatic carbocycles. The first-order valence-corrected chi connectivity index (χ1v) is 6.91. The van der Waals surface area contributed by atoms with Crippen molar-refractivity contribution < 1.29 is 0 Å². The van der Waals surface area contributed by atoms with Crippen LogP contribution < -0.4 is 5.14 Å². The van der Waals surface area contributed by atoms with E-state index in [1.165, 1.54) is 16.0 Å². The summed E-state index contributed by atoms with van der Waals surface area (Å²) in [5.41, 5.74) is 3.49. The Hall–Kier alpha value is -0.580. The molecule has 1 aliphatic rings. The van der Waals surface area contributed by atoms with E-state index in [9.17, 15) is 0 Å². The fourth-order valence-electron chi connectivity index (χ4n) is 1.31. The second-order valence-corrected chi connectivity index (χ2v) is 6.26. The van der Waals surface area contributed by atoms with Gasteiger partial charge in [0.2, 0.25) is 0 Å². The number of nitrogens with two attached hydrogens (primary N) is 1. The molecule has 1 aliphatic heterocycles. The van der Waals surface area contributed by atoms with Crippen molar-refractivity contribution in [1.29, 1.82) is 0 Å². The van der Waals surface area contributed by atoms with Crippen LogP contribution in [0.25, 0.3) is 5.70 Å². The van der Waals surface area contributed by atoms with Gasteiger partial charge in [-0.2, -0.15) is 0 Å². The second-order valence-electron chi connectivity index (χ2n) is 3.22. The van der Waals surface area contributed by atoms with Gasteiger partial charge in [0.05, 0.1) is 5.70 Å². The van der Waals surface area contributed by atoms with E-state index in [2.05, 4.69) is 42.5 Å². The number of rotatable bonds is 1. The molecule has 0 amide bonds. The quantitative estimate of drug-likeness (QED) is 0.745. The third-order valence-corrected chi connectivity index (χ3v) is 4.51. The minimum absolute atomic E-state index is 0.371. The van der Waals surface area contributed by atoms with E-state index in [1.807, 2.05) is 0 Å². The molecule has 0 spiro atoms. The van der Waals surface area contributed by atoms with Crippen LogP contribution in [0.3, 0.4) is 0 Å². The lowest BCUT2D eigenvalue weighted by Gasteiger charge is -2.00. The molecule has 2 nitrogen and oxygen atoms in total. The molecule has 2 N–H and O–H groups in total. The Morgan fingerprint density at radius 3 is 2.36 bits per heavy atom. The van der Waals surface area contributed by atoms with Crippen LogP contribution in [0.15, 0.2) is 33.5 Å². The summed E-state index contributed by atoms with van der Waals surface area (Å²) in [5.74, 6) is 0. The summed E-state index contributed by atoms with van der Waals surface area (Å²) in [7, 11) is 1.27. The normalized spacial score (nSPS) is 21.2. The maximum Gasteiger partial charge on any atom is 0.0900 e. The highest BCUT2D eigenvalue weighted by atomic mass is 33.1. The molecule has 0 saturated carbocycles. The summed E-state index contributed by atoms with van der Waals surface area (Å²) in [6, 6.07) is 8.40.